The van der Waals surface area contributed by atoms with E-state index >= 15 is 0 Å². The lowest BCUT2D eigenvalue weighted by atomic mass is 10.2. The summed E-state index contributed by atoms with van der Waals surface area (Å²) in [5, 5.41) is 5.83. The molecule has 0 unspecified atom stereocenters. The van der Waals surface area contributed by atoms with Crippen LogP contribution in [0.15, 0.2) is 57.7 Å². The highest BCUT2D eigenvalue weighted by Crippen LogP contribution is 2.21. The van der Waals surface area contributed by atoms with Crippen LogP contribution in [0.4, 0.5) is 0 Å². The Balaban J connectivity index is 1.58. The number of benzene rings is 1. The number of nitrogens with zero attached hydrogens (tertiary/aromatic N) is 2. The minimum absolute atomic E-state index is 0.00475. The van der Waals surface area contributed by atoms with Crippen LogP contribution in [0, 0.1) is 0 Å². The number of carbonyl (C=O) groups is 1. The molecule has 0 saturated carbocycles. The number of amides is 1. The average molecular weight is 410 g/mol. The molecule has 0 atom stereocenters. The Morgan fingerprint density at radius 1 is 1.28 bits per heavy atom. The van der Waals surface area contributed by atoms with Gasteiger partial charge in [-0.2, -0.15) is 10.1 Å². The molecule has 0 aliphatic heterocycles. The Morgan fingerprint density at radius 2 is 2.10 bits per heavy atom. The van der Waals surface area contributed by atoms with E-state index in [2.05, 4.69) is 27.4 Å². The van der Waals surface area contributed by atoms with E-state index in [1.54, 1.807) is 0 Å². The molecule has 2 aromatic heterocycles. The predicted molar refractivity (Wildman–Crippen MR) is 115 cm³/mol. The van der Waals surface area contributed by atoms with Crippen molar-refractivity contribution < 1.29 is 9.53 Å². The summed E-state index contributed by atoms with van der Waals surface area (Å²) in [6, 6.07) is 12.7. The van der Waals surface area contributed by atoms with Crippen molar-refractivity contribution in [2.45, 2.75) is 26.2 Å². The minimum Gasteiger partial charge on any atom is -0.494 e. The van der Waals surface area contributed by atoms with E-state index in [4.69, 9.17) is 4.74 Å². The molecule has 7 nitrogen and oxygen atoms in total. The summed E-state index contributed by atoms with van der Waals surface area (Å²) in [5.74, 6) is 0.247. The predicted octanol–water partition coefficient (Wildman–Crippen LogP) is 3.83. The van der Waals surface area contributed by atoms with Gasteiger partial charge in [0, 0.05) is 0 Å². The number of hydrazone groups is 1. The van der Waals surface area contributed by atoms with Gasteiger partial charge in [0.15, 0.2) is 0 Å². The second-order valence-electron chi connectivity index (χ2n) is 6.29. The molecule has 0 radical (unpaired) electrons. The standard InChI is InChI=1S/C21H22N4O3S/c1-2-3-4-11-28-16-9-7-15(8-10-16)14-22-25-20(26)18-13-17(23-21(27)24-18)19-6-5-12-29-19/h5-10,12-14H,2-4,11H2,1H3,(H,25,26)(H,23,24,27)/b22-14+. The van der Waals surface area contributed by atoms with Crippen LogP contribution in [0.2, 0.25) is 0 Å². The van der Waals surface area contributed by atoms with Gasteiger partial charge in [0.25, 0.3) is 5.91 Å². The fourth-order valence-corrected chi connectivity index (χ4v) is 3.25. The lowest BCUT2D eigenvalue weighted by Gasteiger charge is -2.05. The van der Waals surface area contributed by atoms with Crippen molar-refractivity contribution in [3.8, 4) is 16.3 Å². The van der Waals surface area contributed by atoms with Crippen LogP contribution in [0.1, 0.15) is 42.2 Å². The van der Waals surface area contributed by atoms with Crippen molar-refractivity contribution in [2.24, 2.45) is 5.10 Å². The third-order valence-corrected chi connectivity index (χ3v) is 4.94. The third kappa shape index (κ3) is 6.11. The number of aromatic nitrogens is 2. The molecule has 2 N–H and O–H groups in total. The number of hydrogen-bond donors (Lipinski definition) is 2. The minimum atomic E-state index is -0.584. The maximum Gasteiger partial charge on any atom is 0.346 e. The van der Waals surface area contributed by atoms with E-state index < -0.39 is 11.6 Å². The maximum absolute atomic E-state index is 12.3. The number of nitrogens with one attached hydrogen (secondary N) is 2. The van der Waals surface area contributed by atoms with E-state index in [0.717, 1.165) is 35.5 Å². The third-order valence-electron chi connectivity index (χ3n) is 4.04. The SMILES string of the molecule is CCCCCOc1ccc(/C=N/NC(=O)c2cc(-c3cccs3)[nH]c(=O)n2)cc1. The molecule has 0 fully saturated rings. The van der Waals surface area contributed by atoms with Crippen LogP contribution in [0.25, 0.3) is 10.6 Å². The summed E-state index contributed by atoms with van der Waals surface area (Å²) in [6.45, 7) is 2.86. The molecule has 1 amide bonds. The normalized spacial score (nSPS) is 10.9. The number of thiophene rings is 1. The quantitative estimate of drug-likeness (QED) is 0.318. The van der Waals surface area contributed by atoms with Gasteiger partial charge in [0.05, 0.1) is 23.4 Å². The fraction of sp³-hybridized carbons (Fsp3) is 0.238. The van der Waals surface area contributed by atoms with Crippen molar-refractivity contribution in [2.75, 3.05) is 6.61 Å². The summed E-state index contributed by atoms with van der Waals surface area (Å²) < 4.78 is 5.66. The second kappa shape index (κ2) is 10.3. The monoisotopic (exact) mass is 410 g/mol. The van der Waals surface area contributed by atoms with Gasteiger partial charge in [-0.05, 0) is 53.8 Å². The molecule has 3 rings (SSSR count). The molecule has 150 valence electrons. The Labute approximate surface area is 172 Å². The smallest absolute Gasteiger partial charge is 0.346 e. The molecule has 0 aliphatic rings. The zero-order valence-electron chi connectivity index (χ0n) is 16.1. The van der Waals surface area contributed by atoms with Crippen molar-refractivity contribution in [1.29, 1.82) is 0 Å². The van der Waals surface area contributed by atoms with Crippen molar-refractivity contribution in [1.82, 2.24) is 15.4 Å². The average Bonchev–Trinajstić information content (AvgIpc) is 3.27. The first-order chi connectivity index (χ1) is 14.2. The first-order valence-electron chi connectivity index (χ1n) is 9.37. The van der Waals surface area contributed by atoms with Crippen LogP contribution in [-0.2, 0) is 0 Å². The van der Waals surface area contributed by atoms with E-state index in [1.807, 2.05) is 41.8 Å². The van der Waals surface area contributed by atoms with Gasteiger partial charge in [-0.1, -0.05) is 25.8 Å². The lowest BCUT2D eigenvalue weighted by Crippen LogP contribution is -2.24. The Kier molecular flexibility index (Phi) is 7.29. The summed E-state index contributed by atoms with van der Waals surface area (Å²) in [7, 11) is 0. The van der Waals surface area contributed by atoms with Crippen molar-refractivity contribution in [3.63, 3.8) is 0 Å². The van der Waals surface area contributed by atoms with E-state index in [9.17, 15) is 9.59 Å². The molecule has 29 heavy (non-hydrogen) atoms. The Hall–Kier alpha value is -3.26. The molecule has 2 heterocycles. The van der Waals surface area contributed by atoms with E-state index in [1.165, 1.54) is 23.6 Å². The highest BCUT2D eigenvalue weighted by Gasteiger charge is 2.11. The molecule has 1 aromatic carbocycles. The molecule has 8 heteroatoms. The Bertz CT molecular complexity index is 1010. The van der Waals surface area contributed by atoms with E-state index in [-0.39, 0.29) is 5.69 Å². The summed E-state index contributed by atoms with van der Waals surface area (Å²) in [6.07, 6.45) is 4.87. The van der Waals surface area contributed by atoms with Gasteiger partial charge in [-0.3, -0.25) is 4.79 Å². The first-order valence-corrected chi connectivity index (χ1v) is 10.2. The second-order valence-corrected chi connectivity index (χ2v) is 7.23. The molecule has 0 aliphatic carbocycles. The summed E-state index contributed by atoms with van der Waals surface area (Å²) in [4.78, 5) is 31.2. The number of rotatable bonds is 9. The van der Waals surface area contributed by atoms with Gasteiger partial charge in [-0.15, -0.1) is 11.3 Å². The number of hydrogen-bond acceptors (Lipinski definition) is 6. The molecule has 3 aromatic rings. The highest BCUT2D eigenvalue weighted by molar-refractivity contribution is 7.13. The summed E-state index contributed by atoms with van der Waals surface area (Å²) >= 11 is 1.46. The number of unbranched alkanes of at least 4 members (excludes halogenated alkanes) is 2. The molecule has 0 bridgehead atoms. The van der Waals surface area contributed by atoms with Crippen LogP contribution in [0.5, 0.6) is 5.75 Å². The van der Waals surface area contributed by atoms with Crippen molar-refractivity contribution >= 4 is 23.5 Å². The van der Waals surface area contributed by atoms with Crippen molar-refractivity contribution in [3.05, 3.63) is 69.6 Å². The molecular formula is C21H22N4O3S. The van der Waals surface area contributed by atoms with Gasteiger partial charge in [0.2, 0.25) is 0 Å². The zero-order chi connectivity index (χ0) is 20.5. The van der Waals surface area contributed by atoms with E-state index in [0.29, 0.717) is 12.3 Å². The summed E-state index contributed by atoms with van der Waals surface area (Å²) in [5.41, 5.74) is 3.17. The van der Waals surface area contributed by atoms with Crippen LogP contribution in [-0.4, -0.2) is 28.7 Å². The number of ether oxygens (including phenoxy) is 1. The topological polar surface area (TPSA) is 96.4 Å². The van der Waals surface area contributed by atoms with Gasteiger partial charge in [0.1, 0.15) is 11.4 Å². The zero-order valence-corrected chi connectivity index (χ0v) is 16.9. The van der Waals surface area contributed by atoms with Crippen LogP contribution < -0.4 is 15.9 Å². The lowest BCUT2D eigenvalue weighted by molar-refractivity contribution is 0.0949. The number of H-pyrrole nitrogens is 1. The molecular weight excluding hydrogens is 388 g/mol. The molecule has 0 spiro atoms. The van der Waals surface area contributed by atoms with Gasteiger partial charge >= 0.3 is 5.69 Å². The Morgan fingerprint density at radius 3 is 2.83 bits per heavy atom. The molecule has 0 saturated heterocycles. The fourth-order valence-electron chi connectivity index (χ4n) is 2.55. The van der Waals surface area contributed by atoms with Gasteiger partial charge < -0.3 is 9.72 Å². The largest absolute Gasteiger partial charge is 0.494 e. The first kappa shape index (κ1) is 20.5. The highest BCUT2D eigenvalue weighted by atomic mass is 32.1. The van der Waals surface area contributed by atoms with Crippen LogP contribution >= 0.6 is 11.3 Å². The van der Waals surface area contributed by atoms with Gasteiger partial charge in [-0.25, -0.2) is 10.2 Å². The maximum atomic E-state index is 12.3. The number of carbonyl (C=O) groups excluding carboxylic acids is 1. The number of aromatic amines is 1. The van der Waals surface area contributed by atoms with Crippen LogP contribution in [0.3, 0.4) is 0 Å².